The maximum Gasteiger partial charge on any atom is 0.341 e. The Balaban J connectivity index is 1.42. The molecule has 2 atom stereocenters. The van der Waals surface area contributed by atoms with Gasteiger partial charge in [0.25, 0.3) is 0 Å². The summed E-state index contributed by atoms with van der Waals surface area (Å²) in [5.41, 5.74) is 1.64. The minimum absolute atomic E-state index is 0.0657. The van der Waals surface area contributed by atoms with Crippen LogP contribution in [0.5, 0.6) is 0 Å². The van der Waals surface area contributed by atoms with Crippen molar-refractivity contribution >= 4 is 28.2 Å². The van der Waals surface area contributed by atoms with Crippen molar-refractivity contribution in [1.29, 1.82) is 0 Å². The van der Waals surface area contributed by atoms with Gasteiger partial charge in [0.2, 0.25) is 5.91 Å². The number of ether oxygens (including phenoxy) is 3. The second-order valence-corrected chi connectivity index (χ2v) is 10.0. The van der Waals surface area contributed by atoms with Gasteiger partial charge in [0, 0.05) is 10.8 Å². The Labute approximate surface area is 188 Å². The number of hydrogen-bond acceptors (Lipinski definition) is 7. The van der Waals surface area contributed by atoms with Gasteiger partial charge in [0.05, 0.1) is 31.4 Å². The molecule has 1 aromatic rings. The first-order valence-electron chi connectivity index (χ1n) is 11.6. The van der Waals surface area contributed by atoms with Gasteiger partial charge in [-0.25, -0.2) is 4.79 Å². The Morgan fingerprint density at radius 1 is 1.23 bits per heavy atom. The zero-order chi connectivity index (χ0) is 22.0. The number of nitrogens with zero attached hydrogens (tertiary/aromatic N) is 1. The van der Waals surface area contributed by atoms with Gasteiger partial charge in [-0.2, -0.15) is 0 Å². The van der Waals surface area contributed by atoms with Crippen molar-refractivity contribution in [2.75, 3.05) is 38.2 Å². The van der Waals surface area contributed by atoms with E-state index in [1.54, 1.807) is 11.3 Å². The minimum Gasteiger partial charge on any atom is -0.462 e. The van der Waals surface area contributed by atoms with E-state index >= 15 is 0 Å². The maximum atomic E-state index is 13.1. The summed E-state index contributed by atoms with van der Waals surface area (Å²) >= 11 is 1.55. The lowest BCUT2D eigenvalue weighted by atomic mass is 9.88. The Hall–Kier alpha value is -1.48. The number of esters is 1. The molecule has 31 heavy (non-hydrogen) atoms. The summed E-state index contributed by atoms with van der Waals surface area (Å²) in [4.78, 5) is 29.2. The Morgan fingerprint density at radius 3 is 2.61 bits per heavy atom. The number of fused-ring (bicyclic) bond motifs is 1. The number of anilines is 1. The minimum atomic E-state index is -0.324. The molecule has 1 aromatic heterocycles. The average Bonchev–Trinajstić information content (AvgIpc) is 3.41. The van der Waals surface area contributed by atoms with Crippen molar-refractivity contribution in [3.05, 3.63) is 16.0 Å². The number of rotatable bonds is 6. The van der Waals surface area contributed by atoms with E-state index in [-0.39, 0.29) is 24.2 Å². The van der Waals surface area contributed by atoms with Crippen molar-refractivity contribution < 1.29 is 23.8 Å². The van der Waals surface area contributed by atoms with Crippen LogP contribution in [0.1, 0.15) is 60.8 Å². The van der Waals surface area contributed by atoms with E-state index in [0.29, 0.717) is 42.2 Å². The summed E-state index contributed by atoms with van der Waals surface area (Å²) in [6.07, 6.45) is 4.72. The van der Waals surface area contributed by atoms with Crippen LogP contribution in [0.2, 0.25) is 0 Å². The molecule has 0 bridgehead atoms. The van der Waals surface area contributed by atoms with Gasteiger partial charge in [-0.1, -0.05) is 6.92 Å². The maximum absolute atomic E-state index is 13.1. The lowest BCUT2D eigenvalue weighted by Gasteiger charge is -2.36. The summed E-state index contributed by atoms with van der Waals surface area (Å²) in [6.45, 7) is 9.34. The summed E-state index contributed by atoms with van der Waals surface area (Å²) in [6, 6.07) is -0.264. The molecule has 2 aliphatic heterocycles. The molecule has 2 fully saturated rings. The third-order valence-electron chi connectivity index (χ3n) is 6.76. The fraction of sp³-hybridized carbons (Fsp3) is 0.739. The number of thiophene rings is 1. The molecule has 2 unspecified atom stereocenters. The van der Waals surface area contributed by atoms with Crippen molar-refractivity contribution in [3.63, 3.8) is 0 Å². The Kier molecular flexibility index (Phi) is 7.31. The summed E-state index contributed by atoms with van der Waals surface area (Å²) in [7, 11) is 0. The van der Waals surface area contributed by atoms with Gasteiger partial charge in [-0.15, -0.1) is 11.3 Å². The average molecular weight is 451 g/mol. The molecule has 0 saturated carbocycles. The van der Waals surface area contributed by atoms with Gasteiger partial charge < -0.3 is 19.5 Å². The van der Waals surface area contributed by atoms with Gasteiger partial charge >= 0.3 is 5.97 Å². The first-order chi connectivity index (χ1) is 15.0. The van der Waals surface area contributed by atoms with Gasteiger partial charge in [0.15, 0.2) is 6.29 Å². The highest BCUT2D eigenvalue weighted by Crippen LogP contribution is 2.40. The second kappa shape index (κ2) is 9.98. The van der Waals surface area contributed by atoms with Gasteiger partial charge in [-0.3, -0.25) is 9.69 Å². The van der Waals surface area contributed by atoms with Crippen LogP contribution in [-0.4, -0.2) is 62.0 Å². The number of carbonyl (C=O) groups excluding carboxylic acids is 2. The molecule has 0 spiro atoms. The largest absolute Gasteiger partial charge is 0.462 e. The highest BCUT2D eigenvalue weighted by atomic mass is 32.1. The molecular weight excluding hydrogens is 416 g/mol. The predicted molar refractivity (Wildman–Crippen MR) is 120 cm³/mol. The molecule has 8 heteroatoms. The molecule has 3 aliphatic rings. The predicted octanol–water partition coefficient (Wildman–Crippen LogP) is 3.46. The van der Waals surface area contributed by atoms with E-state index < -0.39 is 0 Å². The number of hydrogen-bond donors (Lipinski definition) is 1. The lowest BCUT2D eigenvalue weighted by Crippen LogP contribution is -2.47. The number of amides is 1. The summed E-state index contributed by atoms with van der Waals surface area (Å²) in [5, 5.41) is 3.72. The van der Waals surface area contributed by atoms with Crippen LogP contribution in [0.4, 0.5) is 5.00 Å². The van der Waals surface area contributed by atoms with Crippen molar-refractivity contribution in [2.45, 2.75) is 65.2 Å². The smallest absolute Gasteiger partial charge is 0.341 e. The Morgan fingerprint density at radius 2 is 1.94 bits per heavy atom. The molecule has 1 amide bonds. The SMILES string of the molecule is CCOC(=O)c1c(NC(=O)C(C)N2CCC(C3OCCO3)CC2)sc2c1CCC(C)C2. The highest BCUT2D eigenvalue weighted by molar-refractivity contribution is 7.17. The van der Waals surface area contributed by atoms with Crippen LogP contribution in [0.15, 0.2) is 0 Å². The molecule has 2 saturated heterocycles. The van der Waals surface area contributed by atoms with E-state index in [0.717, 1.165) is 50.8 Å². The lowest BCUT2D eigenvalue weighted by molar-refractivity contribution is -0.123. The van der Waals surface area contributed by atoms with Gasteiger partial charge in [-0.05, 0) is 70.5 Å². The number of likely N-dealkylation sites (tertiary alicyclic amines) is 1. The zero-order valence-corrected chi connectivity index (χ0v) is 19.6. The second-order valence-electron chi connectivity index (χ2n) is 8.92. The molecule has 0 radical (unpaired) electrons. The van der Waals surface area contributed by atoms with Crippen LogP contribution in [0.25, 0.3) is 0 Å². The van der Waals surface area contributed by atoms with Crippen LogP contribution >= 0.6 is 11.3 Å². The van der Waals surface area contributed by atoms with Crippen molar-refractivity contribution in [1.82, 2.24) is 4.90 Å². The molecule has 3 heterocycles. The van der Waals surface area contributed by atoms with Gasteiger partial charge in [0.1, 0.15) is 5.00 Å². The van der Waals surface area contributed by atoms with E-state index in [4.69, 9.17) is 14.2 Å². The molecule has 0 aromatic carbocycles. The van der Waals surface area contributed by atoms with Crippen LogP contribution in [-0.2, 0) is 31.8 Å². The standard InChI is InChI=1S/C23H34N2O5S/c1-4-28-22(27)19-17-6-5-14(2)13-18(17)31-21(19)24-20(26)15(3)25-9-7-16(8-10-25)23-29-11-12-30-23/h14-16,23H,4-13H2,1-3H3,(H,24,26). The van der Waals surface area contributed by atoms with Crippen LogP contribution in [0, 0.1) is 11.8 Å². The first kappa shape index (κ1) is 22.7. The Bertz CT molecular complexity index is 796. The summed E-state index contributed by atoms with van der Waals surface area (Å²) in [5.74, 6) is 0.604. The van der Waals surface area contributed by atoms with E-state index in [2.05, 4.69) is 17.1 Å². The van der Waals surface area contributed by atoms with E-state index in [9.17, 15) is 9.59 Å². The normalized spacial score (nSPS) is 24.0. The van der Waals surface area contributed by atoms with E-state index in [1.165, 1.54) is 4.88 Å². The molecule has 7 nitrogen and oxygen atoms in total. The molecule has 4 rings (SSSR count). The molecule has 172 valence electrons. The fourth-order valence-corrected chi connectivity index (χ4v) is 6.27. The topological polar surface area (TPSA) is 77.1 Å². The number of piperidine rings is 1. The first-order valence-corrected chi connectivity index (χ1v) is 12.4. The van der Waals surface area contributed by atoms with Crippen molar-refractivity contribution in [2.24, 2.45) is 11.8 Å². The molecule has 1 aliphatic carbocycles. The highest BCUT2D eigenvalue weighted by Gasteiger charge is 2.34. The van der Waals surface area contributed by atoms with Crippen LogP contribution in [0.3, 0.4) is 0 Å². The molecular formula is C23H34N2O5S. The zero-order valence-electron chi connectivity index (χ0n) is 18.8. The summed E-state index contributed by atoms with van der Waals surface area (Å²) < 4.78 is 16.6. The van der Waals surface area contributed by atoms with E-state index in [1.807, 2.05) is 13.8 Å². The third kappa shape index (κ3) is 4.97. The number of carbonyl (C=O) groups is 2. The molecule has 1 N–H and O–H groups in total. The number of nitrogens with one attached hydrogen (secondary N) is 1. The fourth-order valence-electron chi connectivity index (χ4n) is 4.87. The quantitative estimate of drug-likeness (QED) is 0.669. The van der Waals surface area contributed by atoms with Crippen molar-refractivity contribution in [3.8, 4) is 0 Å². The monoisotopic (exact) mass is 450 g/mol. The van der Waals surface area contributed by atoms with Crippen LogP contribution < -0.4 is 5.32 Å². The third-order valence-corrected chi connectivity index (χ3v) is 7.93.